The third-order valence-corrected chi connectivity index (χ3v) is 5.97. The average Bonchev–Trinajstić information content (AvgIpc) is 3.52. The third kappa shape index (κ3) is 4.35. The second kappa shape index (κ2) is 9.45. The van der Waals surface area contributed by atoms with E-state index in [1.54, 1.807) is 47.9 Å². The van der Waals surface area contributed by atoms with Gasteiger partial charge in [-0.05, 0) is 38.4 Å². The number of pyridine rings is 3. The summed E-state index contributed by atoms with van der Waals surface area (Å²) in [6, 6.07) is 12.1. The lowest BCUT2D eigenvalue weighted by Crippen LogP contribution is -2.27. The molecule has 0 saturated heterocycles. The predicted octanol–water partition coefficient (Wildman–Crippen LogP) is 4.26. The van der Waals surface area contributed by atoms with Crippen molar-refractivity contribution < 1.29 is 9.18 Å². The number of carbonyl (C=O) groups is 1. The zero-order valence-electron chi connectivity index (χ0n) is 20.5. The first-order chi connectivity index (χ1) is 18.5. The van der Waals surface area contributed by atoms with Crippen molar-refractivity contribution in [2.45, 2.75) is 0 Å². The Balaban J connectivity index is 1.39. The largest absolute Gasteiger partial charge is 0.335 e. The summed E-state index contributed by atoms with van der Waals surface area (Å²) in [5.41, 5.74) is 6.03. The highest BCUT2D eigenvalue weighted by atomic mass is 19.1. The molecule has 38 heavy (non-hydrogen) atoms. The number of hydrogen-bond acceptors (Lipinski definition) is 7. The molecule has 10 nitrogen and oxygen atoms in total. The number of nitrogens with zero attached hydrogens (tertiary/aromatic N) is 6. The van der Waals surface area contributed by atoms with Crippen LogP contribution in [0.1, 0.15) is 0 Å². The van der Waals surface area contributed by atoms with Gasteiger partial charge in [-0.3, -0.25) is 19.9 Å². The first kappa shape index (κ1) is 23.4. The lowest BCUT2D eigenvalue weighted by atomic mass is 10.1. The normalized spacial score (nSPS) is 11.5. The van der Waals surface area contributed by atoms with E-state index in [0.29, 0.717) is 50.6 Å². The van der Waals surface area contributed by atoms with Gasteiger partial charge in [0.25, 0.3) is 0 Å². The van der Waals surface area contributed by atoms with Gasteiger partial charge in [-0.25, -0.2) is 14.4 Å². The molecule has 3 N–H and O–H groups in total. The first-order valence-electron chi connectivity index (χ1n) is 11.8. The monoisotopic (exact) mass is 507 g/mol. The molecule has 6 aromatic rings. The predicted molar refractivity (Wildman–Crippen MR) is 143 cm³/mol. The summed E-state index contributed by atoms with van der Waals surface area (Å²) in [6.45, 7) is 0.262. The van der Waals surface area contributed by atoms with Crippen LogP contribution in [0.2, 0.25) is 0 Å². The highest BCUT2D eigenvalue weighted by molar-refractivity contribution is 5.96. The topological polar surface area (TPSA) is 128 Å². The van der Waals surface area contributed by atoms with Gasteiger partial charge in [0.1, 0.15) is 16.9 Å². The molecule has 0 aliphatic rings. The molecule has 0 aliphatic carbocycles. The molecule has 0 radical (unpaired) electrons. The minimum absolute atomic E-state index is 0.136. The smallest absolute Gasteiger partial charge is 0.238 e. The molecule has 0 fully saturated rings. The van der Waals surface area contributed by atoms with Crippen LogP contribution < -0.4 is 5.32 Å². The maximum atomic E-state index is 14.5. The number of rotatable bonds is 6. The van der Waals surface area contributed by atoms with E-state index in [-0.39, 0.29) is 18.3 Å². The molecule has 0 atom stereocenters. The molecule has 1 aromatic carbocycles. The molecule has 6 rings (SSSR count). The zero-order valence-corrected chi connectivity index (χ0v) is 20.5. The molecule has 188 valence electrons. The van der Waals surface area contributed by atoms with Crippen LogP contribution in [0.15, 0.2) is 67.3 Å². The van der Waals surface area contributed by atoms with E-state index in [0.717, 1.165) is 11.1 Å². The molecular formula is C27H22FN9O. The van der Waals surface area contributed by atoms with Crippen LogP contribution in [0, 0.1) is 5.82 Å². The second-order valence-electron chi connectivity index (χ2n) is 9.06. The van der Waals surface area contributed by atoms with Crippen molar-refractivity contribution in [1.82, 2.24) is 40.0 Å². The van der Waals surface area contributed by atoms with Gasteiger partial charge in [-0.1, -0.05) is 18.2 Å². The molecule has 0 unspecified atom stereocenters. The summed E-state index contributed by atoms with van der Waals surface area (Å²) in [4.78, 5) is 35.3. The molecule has 5 heterocycles. The fourth-order valence-electron chi connectivity index (χ4n) is 4.28. The number of aromatic amines is 2. The van der Waals surface area contributed by atoms with E-state index < -0.39 is 0 Å². The number of carbonyl (C=O) groups excluding carboxylic acids is 1. The van der Waals surface area contributed by atoms with Crippen molar-refractivity contribution in [1.29, 1.82) is 0 Å². The highest BCUT2D eigenvalue weighted by Gasteiger charge is 2.18. The number of aromatic nitrogens is 7. The van der Waals surface area contributed by atoms with Crippen molar-refractivity contribution >= 4 is 33.7 Å². The summed E-state index contributed by atoms with van der Waals surface area (Å²) in [6.07, 6.45) is 6.52. The highest BCUT2D eigenvalue weighted by Crippen LogP contribution is 2.32. The molecule has 1 amide bonds. The van der Waals surface area contributed by atoms with Gasteiger partial charge in [0.2, 0.25) is 5.91 Å². The Hall–Kier alpha value is -5.03. The minimum atomic E-state index is -0.350. The average molecular weight is 508 g/mol. The number of benzene rings is 1. The fraction of sp³-hybridized carbons (Fsp3) is 0.111. The molecule has 5 aromatic heterocycles. The third-order valence-electron chi connectivity index (χ3n) is 5.97. The van der Waals surface area contributed by atoms with E-state index in [1.807, 2.05) is 32.3 Å². The molecular weight excluding hydrogens is 485 g/mol. The Morgan fingerprint density at radius 1 is 0.947 bits per heavy atom. The summed E-state index contributed by atoms with van der Waals surface area (Å²) in [7, 11) is 3.66. The Bertz CT molecular complexity index is 1810. The van der Waals surface area contributed by atoms with E-state index in [4.69, 9.17) is 9.97 Å². The van der Waals surface area contributed by atoms with Gasteiger partial charge in [-0.15, -0.1) is 0 Å². The van der Waals surface area contributed by atoms with Gasteiger partial charge in [-0.2, -0.15) is 5.10 Å². The summed E-state index contributed by atoms with van der Waals surface area (Å²) in [5, 5.41) is 10.3. The lowest BCUT2D eigenvalue weighted by Gasteiger charge is -2.10. The second-order valence-corrected chi connectivity index (χ2v) is 9.06. The molecule has 0 spiro atoms. The number of fused-ring (bicyclic) bond motifs is 2. The minimum Gasteiger partial charge on any atom is -0.335 e. The van der Waals surface area contributed by atoms with Gasteiger partial charge in [0.05, 0.1) is 41.4 Å². The number of anilines is 1. The van der Waals surface area contributed by atoms with E-state index in [1.165, 1.54) is 6.07 Å². The van der Waals surface area contributed by atoms with Crippen LogP contribution in [0.25, 0.3) is 56.0 Å². The van der Waals surface area contributed by atoms with Gasteiger partial charge >= 0.3 is 0 Å². The quantitative estimate of drug-likeness (QED) is 0.307. The van der Waals surface area contributed by atoms with Crippen molar-refractivity contribution in [2.75, 3.05) is 26.0 Å². The molecule has 0 saturated carbocycles. The maximum Gasteiger partial charge on any atom is 0.238 e. The maximum absolute atomic E-state index is 14.5. The van der Waals surface area contributed by atoms with Crippen LogP contribution in [0.3, 0.4) is 0 Å². The summed E-state index contributed by atoms with van der Waals surface area (Å²) >= 11 is 0. The van der Waals surface area contributed by atoms with Crippen molar-refractivity contribution in [3.8, 4) is 33.9 Å². The number of nitrogens with one attached hydrogen (secondary N) is 3. The number of hydrogen-bond donors (Lipinski definition) is 3. The summed E-state index contributed by atoms with van der Waals surface area (Å²) in [5.74, 6) is -0.00968. The fourth-order valence-corrected chi connectivity index (χ4v) is 4.28. The Morgan fingerprint density at radius 3 is 2.63 bits per heavy atom. The first-order valence-corrected chi connectivity index (χ1v) is 11.8. The Kier molecular flexibility index (Phi) is 5.81. The standard InChI is InChI=1S/C27H22FN9O/c1-37(2)14-23(38)31-16-9-15(10-29-11-16)20-7-8-21-25(32-20)26(36-35-21)27-33-22-13-30-12-18(24(22)34-27)17-5-3-4-6-19(17)28/h3-13H,14H2,1-2H3,(H,31,38)(H,33,34)(H,35,36). The summed E-state index contributed by atoms with van der Waals surface area (Å²) < 4.78 is 14.5. The molecule has 11 heteroatoms. The number of halogens is 1. The van der Waals surface area contributed by atoms with Crippen LogP contribution in [0.5, 0.6) is 0 Å². The SMILES string of the molecule is CN(C)CC(=O)Nc1cncc(-c2ccc3[nH]nc(-c4nc5c(-c6ccccc6F)cncc5[nH]4)c3n2)c1. The van der Waals surface area contributed by atoms with Crippen molar-refractivity contribution in [3.63, 3.8) is 0 Å². The van der Waals surface area contributed by atoms with Crippen LogP contribution in [-0.4, -0.2) is 66.6 Å². The Morgan fingerprint density at radius 2 is 1.79 bits per heavy atom. The molecule has 0 aliphatic heterocycles. The van der Waals surface area contributed by atoms with E-state index >= 15 is 0 Å². The van der Waals surface area contributed by atoms with E-state index in [2.05, 4.69) is 30.5 Å². The van der Waals surface area contributed by atoms with Crippen molar-refractivity contribution in [3.05, 3.63) is 73.1 Å². The van der Waals surface area contributed by atoms with E-state index in [9.17, 15) is 9.18 Å². The zero-order chi connectivity index (χ0) is 26.2. The van der Waals surface area contributed by atoms with Crippen molar-refractivity contribution in [2.24, 2.45) is 0 Å². The van der Waals surface area contributed by atoms with Crippen LogP contribution in [0.4, 0.5) is 10.1 Å². The number of H-pyrrole nitrogens is 2. The van der Waals surface area contributed by atoms with Crippen LogP contribution in [-0.2, 0) is 4.79 Å². The lowest BCUT2D eigenvalue weighted by molar-refractivity contribution is -0.116. The number of likely N-dealkylation sites (N-methyl/N-ethyl adjacent to an activating group) is 1. The molecule has 0 bridgehead atoms. The van der Waals surface area contributed by atoms with Gasteiger partial charge in [0, 0.05) is 29.1 Å². The van der Waals surface area contributed by atoms with Gasteiger partial charge < -0.3 is 15.2 Å². The number of imidazole rings is 1. The van der Waals surface area contributed by atoms with Crippen LogP contribution >= 0.6 is 0 Å². The Labute approximate surface area is 216 Å². The number of amides is 1. The van der Waals surface area contributed by atoms with Gasteiger partial charge in [0.15, 0.2) is 11.5 Å².